The Morgan fingerprint density at radius 1 is 1.26 bits per heavy atom. The SMILES string of the molecule is CC(C)CC(O)CNC(C)c1nc2ccccc2s1. The Labute approximate surface area is 118 Å². The van der Waals surface area contributed by atoms with Crippen molar-refractivity contribution in [1.82, 2.24) is 10.3 Å². The molecule has 0 radical (unpaired) electrons. The molecule has 0 bridgehead atoms. The van der Waals surface area contributed by atoms with E-state index in [-0.39, 0.29) is 12.1 Å². The molecular weight excluding hydrogens is 256 g/mol. The second kappa shape index (κ2) is 6.46. The highest BCUT2D eigenvalue weighted by atomic mass is 32.1. The first-order valence-corrected chi connectivity index (χ1v) is 7.65. The van der Waals surface area contributed by atoms with Crippen LogP contribution in [0.25, 0.3) is 10.2 Å². The lowest BCUT2D eigenvalue weighted by molar-refractivity contribution is 0.143. The Morgan fingerprint density at radius 2 is 2.00 bits per heavy atom. The normalized spacial score (nSPS) is 15.0. The average molecular weight is 278 g/mol. The van der Waals surface area contributed by atoms with Crippen LogP contribution in [0.3, 0.4) is 0 Å². The molecule has 2 rings (SSSR count). The summed E-state index contributed by atoms with van der Waals surface area (Å²) in [6, 6.07) is 8.36. The third kappa shape index (κ3) is 4.00. The molecule has 2 N–H and O–H groups in total. The molecule has 1 aromatic carbocycles. The molecule has 0 aliphatic heterocycles. The Bertz CT molecular complexity index is 491. The number of benzene rings is 1. The maximum absolute atomic E-state index is 9.88. The van der Waals surface area contributed by atoms with Crippen molar-refractivity contribution in [2.45, 2.75) is 39.3 Å². The second-order valence-corrected chi connectivity index (χ2v) is 6.50. The molecule has 104 valence electrons. The minimum Gasteiger partial charge on any atom is -0.392 e. The van der Waals surface area contributed by atoms with E-state index in [1.165, 1.54) is 4.70 Å². The summed E-state index contributed by atoms with van der Waals surface area (Å²) < 4.78 is 1.22. The van der Waals surface area contributed by atoms with Crippen molar-refractivity contribution in [2.75, 3.05) is 6.54 Å². The Morgan fingerprint density at radius 3 is 2.68 bits per heavy atom. The van der Waals surface area contributed by atoms with Crippen LogP contribution in [0.4, 0.5) is 0 Å². The number of hydrogen-bond acceptors (Lipinski definition) is 4. The monoisotopic (exact) mass is 278 g/mol. The molecule has 0 saturated carbocycles. The van der Waals surface area contributed by atoms with Gasteiger partial charge in [0.05, 0.1) is 22.4 Å². The molecule has 1 heterocycles. The van der Waals surface area contributed by atoms with Crippen LogP contribution in [0.5, 0.6) is 0 Å². The largest absolute Gasteiger partial charge is 0.392 e. The van der Waals surface area contributed by atoms with Crippen molar-refractivity contribution in [3.8, 4) is 0 Å². The molecule has 0 aliphatic carbocycles. The number of thiazole rings is 1. The van der Waals surface area contributed by atoms with Gasteiger partial charge in [-0.05, 0) is 31.4 Å². The van der Waals surface area contributed by atoms with Gasteiger partial charge in [0.25, 0.3) is 0 Å². The van der Waals surface area contributed by atoms with Crippen molar-refractivity contribution >= 4 is 21.6 Å². The van der Waals surface area contributed by atoms with E-state index in [0.717, 1.165) is 16.9 Å². The summed E-state index contributed by atoms with van der Waals surface area (Å²) in [5.74, 6) is 0.523. The molecule has 19 heavy (non-hydrogen) atoms. The van der Waals surface area contributed by atoms with E-state index >= 15 is 0 Å². The number of aliphatic hydroxyl groups excluding tert-OH is 1. The van der Waals surface area contributed by atoms with E-state index in [9.17, 15) is 5.11 Å². The Balaban J connectivity index is 1.94. The van der Waals surface area contributed by atoms with Gasteiger partial charge in [0, 0.05) is 6.54 Å². The van der Waals surface area contributed by atoms with E-state index in [4.69, 9.17) is 0 Å². The summed E-state index contributed by atoms with van der Waals surface area (Å²) in [6.07, 6.45) is 0.552. The average Bonchev–Trinajstić information content (AvgIpc) is 2.78. The third-order valence-corrected chi connectivity index (χ3v) is 4.30. The number of hydrogen-bond donors (Lipinski definition) is 2. The van der Waals surface area contributed by atoms with Crippen molar-refractivity contribution in [3.63, 3.8) is 0 Å². The summed E-state index contributed by atoms with van der Waals surface area (Å²) >= 11 is 1.72. The minimum atomic E-state index is -0.281. The molecule has 1 aromatic heterocycles. The van der Waals surface area contributed by atoms with Gasteiger partial charge in [0.1, 0.15) is 5.01 Å². The number of nitrogens with zero attached hydrogens (tertiary/aromatic N) is 1. The van der Waals surface area contributed by atoms with E-state index in [0.29, 0.717) is 12.5 Å². The first-order valence-electron chi connectivity index (χ1n) is 6.83. The fourth-order valence-corrected chi connectivity index (χ4v) is 3.10. The number of rotatable bonds is 6. The fourth-order valence-electron chi connectivity index (χ4n) is 2.10. The quantitative estimate of drug-likeness (QED) is 0.851. The summed E-state index contributed by atoms with van der Waals surface area (Å²) in [5.41, 5.74) is 1.05. The molecule has 0 fully saturated rings. The molecule has 2 atom stereocenters. The van der Waals surface area contributed by atoms with Crippen LogP contribution in [0.1, 0.15) is 38.2 Å². The molecule has 0 saturated heterocycles. The summed E-state index contributed by atoms with van der Waals surface area (Å²) in [7, 11) is 0. The van der Waals surface area contributed by atoms with Gasteiger partial charge < -0.3 is 10.4 Å². The lowest BCUT2D eigenvalue weighted by Crippen LogP contribution is -2.29. The highest BCUT2D eigenvalue weighted by Crippen LogP contribution is 2.25. The van der Waals surface area contributed by atoms with Crippen molar-refractivity contribution in [3.05, 3.63) is 29.3 Å². The van der Waals surface area contributed by atoms with Gasteiger partial charge >= 0.3 is 0 Å². The van der Waals surface area contributed by atoms with E-state index in [1.54, 1.807) is 11.3 Å². The van der Waals surface area contributed by atoms with Crippen LogP contribution < -0.4 is 5.32 Å². The predicted molar refractivity (Wildman–Crippen MR) is 81.5 cm³/mol. The molecule has 2 unspecified atom stereocenters. The third-order valence-electron chi connectivity index (χ3n) is 3.08. The van der Waals surface area contributed by atoms with Gasteiger partial charge in [-0.15, -0.1) is 11.3 Å². The second-order valence-electron chi connectivity index (χ2n) is 5.43. The molecule has 0 amide bonds. The van der Waals surface area contributed by atoms with Gasteiger partial charge in [0.15, 0.2) is 0 Å². The van der Waals surface area contributed by atoms with Crippen LogP contribution in [-0.4, -0.2) is 22.7 Å². The van der Waals surface area contributed by atoms with Gasteiger partial charge in [0.2, 0.25) is 0 Å². The van der Waals surface area contributed by atoms with Crippen LogP contribution in [0, 0.1) is 5.92 Å². The topological polar surface area (TPSA) is 45.1 Å². The summed E-state index contributed by atoms with van der Waals surface area (Å²) in [5, 5.41) is 14.3. The Hall–Kier alpha value is -0.970. The lowest BCUT2D eigenvalue weighted by atomic mass is 10.1. The van der Waals surface area contributed by atoms with Crippen LogP contribution in [0.15, 0.2) is 24.3 Å². The maximum atomic E-state index is 9.88. The van der Waals surface area contributed by atoms with Crippen molar-refractivity contribution in [1.29, 1.82) is 0 Å². The molecule has 3 nitrogen and oxygen atoms in total. The number of fused-ring (bicyclic) bond motifs is 1. The first kappa shape index (κ1) is 14.4. The van der Waals surface area contributed by atoms with Crippen molar-refractivity contribution < 1.29 is 5.11 Å². The van der Waals surface area contributed by atoms with E-state index in [2.05, 4.69) is 37.1 Å². The molecule has 0 spiro atoms. The van der Waals surface area contributed by atoms with Gasteiger partial charge in [-0.1, -0.05) is 26.0 Å². The predicted octanol–water partition coefficient (Wildman–Crippen LogP) is 3.35. The van der Waals surface area contributed by atoms with Gasteiger partial charge in [-0.25, -0.2) is 4.98 Å². The zero-order valence-electron chi connectivity index (χ0n) is 11.8. The van der Waals surface area contributed by atoms with Crippen LogP contribution >= 0.6 is 11.3 Å². The zero-order valence-corrected chi connectivity index (χ0v) is 12.6. The number of aliphatic hydroxyl groups is 1. The highest BCUT2D eigenvalue weighted by molar-refractivity contribution is 7.18. The van der Waals surface area contributed by atoms with E-state index in [1.807, 2.05) is 18.2 Å². The minimum absolute atomic E-state index is 0.180. The standard InChI is InChI=1S/C15H22N2OS/c1-10(2)8-12(18)9-16-11(3)15-17-13-6-4-5-7-14(13)19-15/h4-7,10-12,16,18H,8-9H2,1-3H3. The van der Waals surface area contributed by atoms with Gasteiger partial charge in [-0.2, -0.15) is 0 Å². The van der Waals surface area contributed by atoms with E-state index < -0.39 is 0 Å². The molecule has 2 aromatic rings. The first-order chi connectivity index (χ1) is 9.06. The van der Waals surface area contributed by atoms with Crippen molar-refractivity contribution in [2.24, 2.45) is 5.92 Å². The lowest BCUT2D eigenvalue weighted by Gasteiger charge is -2.16. The van der Waals surface area contributed by atoms with Crippen LogP contribution in [-0.2, 0) is 0 Å². The zero-order chi connectivity index (χ0) is 13.8. The number of para-hydroxylation sites is 1. The number of nitrogens with one attached hydrogen (secondary N) is 1. The molecule has 0 aliphatic rings. The fraction of sp³-hybridized carbons (Fsp3) is 0.533. The number of aromatic nitrogens is 1. The Kier molecular flexibility index (Phi) is 4.91. The maximum Gasteiger partial charge on any atom is 0.111 e. The smallest absolute Gasteiger partial charge is 0.111 e. The highest BCUT2D eigenvalue weighted by Gasteiger charge is 2.13. The van der Waals surface area contributed by atoms with Gasteiger partial charge in [-0.3, -0.25) is 0 Å². The molecular formula is C15H22N2OS. The summed E-state index contributed by atoms with van der Waals surface area (Å²) in [4.78, 5) is 4.63. The van der Waals surface area contributed by atoms with Crippen LogP contribution in [0.2, 0.25) is 0 Å². The summed E-state index contributed by atoms with van der Waals surface area (Å²) in [6.45, 7) is 6.97. The molecule has 4 heteroatoms.